The van der Waals surface area contributed by atoms with Gasteiger partial charge in [0.1, 0.15) is 5.82 Å². The molecule has 0 fully saturated rings. The number of aliphatic hydroxyl groups excluding tert-OH is 1. The molecule has 3 nitrogen and oxygen atoms in total. The van der Waals surface area contributed by atoms with Crippen LogP contribution < -0.4 is 5.32 Å². The minimum Gasteiger partial charge on any atom is -0.396 e. The van der Waals surface area contributed by atoms with Gasteiger partial charge in [-0.05, 0) is 31.4 Å². The van der Waals surface area contributed by atoms with Gasteiger partial charge in [0.05, 0.1) is 6.61 Å². The number of benzene rings is 1. The van der Waals surface area contributed by atoms with E-state index in [4.69, 9.17) is 9.84 Å². The lowest BCUT2D eigenvalue weighted by Gasteiger charge is -2.22. The molecule has 0 aromatic heterocycles. The van der Waals surface area contributed by atoms with Crippen LogP contribution in [0.4, 0.5) is 4.39 Å². The average molecular weight is 255 g/mol. The first-order chi connectivity index (χ1) is 8.67. The van der Waals surface area contributed by atoms with Crippen molar-refractivity contribution >= 4 is 0 Å². The van der Waals surface area contributed by atoms with E-state index in [0.29, 0.717) is 25.0 Å². The summed E-state index contributed by atoms with van der Waals surface area (Å²) in [6.07, 6.45) is 1.26. The quantitative estimate of drug-likeness (QED) is 0.743. The third kappa shape index (κ3) is 5.12. The number of halogens is 1. The summed E-state index contributed by atoms with van der Waals surface area (Å²) in [6.45, 7) is 2.67. The maximum atomic E-state index is 13.5. The number of aliphatic hydroxyl groups is 1. The molecule has 4 heteroatoms. The second kappa shape index (κ2) is 8.19. The molecule has 0 heterocycles. The van der Waals surface area contributed by atoms with Crippen LogP contribution in [0, 0.1) is 5.82 Å². The van der Waals surface area contributed by atoms with Gasteiger partial charge in [-0.2, -0.15) is 0 Å². The van der Waals surface area contributed by atoms with E-state index in [1.807, 2.05) is 13.0 Å². The Bertz CT molecular complexity index is 340. The first-order valence-electron chi connectivity index (χ1n) is 6.26. The van der Waals surface area contributed by atoms with Crippen LogP contribution in [-0.4, -0.2) is 37.5 Å². The van der Waals surface area contributed by atoms with Crippen molar-refractivity contribution in [3.63, 3.8) is 0 Å². The molecule has 1 rings (SSSR count). The van der Waals surface area contributed by atoms with Crippen molar-refractivity contribution in [2.75, 3.05) is 20.3 Å². The van der Waals surface area contributed by atoms with E-state index in [9.17, 15) is 4.39 Å². The summed E-state index contributed by atoms with van der Waals surface area (Å²) < 4.78 is 18.6. The molecule has 0 aliphatic carbocycles. The van der Waals surface area contributed by atoms with Gasteiger partial charge < -0.3 is 15.2 Å². The van der Waals surface area contributed by atoms with Crippen LogP contribution in [0.15, 0.2) is 24.3 Å². The molecule has 0 spiro atoms. The second-order valence-electron chi connectivity index (χ2n) is 4.53. The van der Waals surface area contributed by atoms with Crippen LogP contribution in [0.5, 0.6) is 0 Å². The molecule has 1 aromatic rings. The Labute approximate surface area is 108 Å². The minimum atomic E-state index is -0.170. The van der Waals surface area contributed by atoms with Crippen molar-refractivity contribution < 1.29 is 14.2 Å². The third-order valence-corrected chi connectivity index (χ3v) is 2.85. The van der Waals surface area contributed by atoms with E-state index in [0.717, 1.165) is 0 Å². The van der Waals surface area contributed by atoms with Gasteiger partial charge in [-0.15, -0.1) is 0 Å². The highest BCUT2D eigenvalue weighted by Gasteiger charge is 2.13. The molecule has 0 aliphatic heterocycles. The van der Waals surface area contributed by atoms with Crippen LogP contribution >= 0.6 is 0 Å². The Morgan fingerprint density at radius 1 is 1.39 bits per heavy atom. The van der Waals surface area contributed by atoms with Crippen molar-refractivity contribution in [3.05, 3.63) is 35.6 Å². The highest BCUT2D eigenvalue weighted by atomic mass is 19.1. The maximum absolute atomic E-state index is 13.5. The van der Waals surface area contributed by atoms with Crippen molar-refractivity contribution in [2.45, 2.75) is 31.8 Å². The predicted molar refractivity (Wildman–Crippen MR) is 70.1 cm³/mol. The molecule has 0 saturated carbocycles. The molecule has 0 radical (unpaired) electrons. The van der Waals surface area contributed by atoms with Crippen LogP contribution in [0.2, 0.25) is 0 Å². The lowest BCUT2D eigenvalue weighted by atomic mass is 10.1. The van der Waals surface area contributed by atoms with Gasteiger partial charge in [0.2, 0.25) is 0 Å². The monoisotopic (exact) mass is 255 g/mol. The Balaban J connectivity index is 2.49. The van der Waals surface area contributed by atoms with Gasteiger partial charge in [-0.3, -0.25) is 0 Å². The largest absolute Gasteiger partial charge is 0.396 e. The molecule has 2 N–H and O–H groups in total. The lowest BCUT2D eigenvalue weighted by molar-refractivity contribution is 0.143. The molecular formula is C14H22FNO2. The molecule has 0 saturated heterocycles. The van der Waals surface area contributed by atoms with Gasteiger partial charge in [-0.25, -0.2) is 4.39 Å². The van der Waals surface area contributed by atoms with Crippen LogP contribution in [0.1, 0.15) is 18.9 Å². The highest BCUT2D eigenvalue weighted by molar-refractivity contribution is 5.18. The Kier molecular flexibility index (Phi) is 6.86. The fourth-order valence-electron chi connectivity index (χ4n) is 2.03. The number of ether oxygens (including phenoxy) is 1. The maximum Gasteiger partial charge on any atom is 0.126 e. The van der Waals surface area contributed by atoms with E-state index in [1.54, 1.807) is 19.2 Å². The molecule has 102 valence electrons. The molecule has 0 aliphatic rings. The zero-order chi connectivity index (χ0) is 13.4. The highest BCUT2D eigenvalue weighted by Crippen LogP contribution is 2.09. The summed E-state index contributed by atoms with van der Waals surface area (Å²) in [6, 6.07) is 7.03. The van der Waals surface area contributed by atoms with Crippen molar-refractivity contribution in [2.24, 2.45) is 0 Å². The fraction of sp³-hybridized carbons (Fsp3) is 0.571. The number of methoxy groups -OCH3 is 1. The van der Waals surface area contributed by atoms with Crippen LogP contribution in [0.25, 0.3) is 0 Å². The van der Waals surface area contributed by atoms with Crippen LogP contribution in [-0.2, 0) is 11.2 Å². The van der Waals surface area contributed by atoms with Crippen LogP contribution in [0.3, 0.4) is 0 Å². The van der Waals surface area contributed by atoms with E-state index in [2.05, 4.69) is 5.32 Å². The topological polar surface area (TPSA) is 41.5 Å². The number of hydrogen-bond donors (Lipinski definition) is 2. The zero-order valence-corrected chi connectivity index (χ0v) is 11.0. The SMILES string of the molecule is COCC(CCO)NC(C)Cc1ccccc1F. The Morgan fingerprint density at radius 3 is 2.72 bits per heavy atom. The third-order valence-electron chi connectivity index (χ3n) is 2.85. The summed E-state index contributed by atoms with van der Waals surface area (Å²) in [5.74, 6) is -0.170. The summed E-state index contributed by atoms with van der Waals surface area (Å²) in [7, 11) is 1.63. The van der Waals surface area contributed by atoms with Gasteiger partial charge >= 0.3 is 0 Å². The lowest BCUT2D eigenvalue weighted by Crippen LogP contribution is -2.41. The van der Waals surface area contributed by atoms with Gasteiger partial charge in [0.15, 0.2) is 0 Å². The molecule has 2 atom stereocenters. The minimum absolute atomic E-state index is 0.0989. The second-order valence-corrected chi connectivity index (χ2v) is 4.53. The molecule has 2 unspecified atom stereocenters. The zero-order valence-electron chi connectivity index (χ0n) is 11.0. The Morgan fingerprint density at radius 2 is 2.11 bits per heavy atom. The van der Waals surface area contributed by atoms with E-state index < -0.39 is 0 Å². The van der Waals surface area contributed by atoms with Crippen molar-refractivity contribution in [1.82, 2.24) is 5.32 Å². The average Bonchev–Trinajstić information content (AvgIpc) is 2.33. The fourth-order valence-corrected chi connectivity index (χ4v) is 2.03. The van der Waals surface area contributed by atoms with Gasteiger partial charge in [0, 0.05) is 25.8 Å². The van der Waals surface area contributed by atoms with Gasteiger partial charge in [0.25, 0.3) is 0 Å². The molecule has 0 bridgehead atoms. The smallest absolute Gasteiger partial charge is 0.126 e. The predicted octanol–water partition coefficient (Wildman–Crippen LogP) is 1.74. The first-order valence-corrected chi connectivity index (χ1v) is 6.26. The van der Waals surface area contributed by atoms with E-state index >= 15 is 0 Å². The molecule has 0 amide bonds. The summed E-state index contributed by atoms with van der Waals surface area (Å²) in [5, 5.41) is 12.3. The standard InChI is InChI=1S/C14H22FNO2/c1-11(16-13(7-8-17)10-18-2)9-12-5-3-4-6-14(12)15/h3-6,11,13,16-17H,7-10H2,1-2H3. The number of rotatable bonds is 8. The summed E-state index contributed by atoms with van der Waals surface area (Å²) >= 11 is 0. The van der Waals surface area contributed by atoms with Gasteiger partial charge in [-0.1, -0.05) is 18.2 Å². The Hall–Kier alpha value is -0.970. The number of hydrogen-bond acceptors (Lipinski definition) is 3. The summed E-state index contributed by atoms with van der Waals surface area (Å²) in [4.78, 5) is 0. The van der Waals surface area contributed by atoms with Crippen molar-refractivity contribution in [1.29, 1.82) is 0 Å². The molecular weight excluding hydrogens is 233 g/mol. The number of nitrogens with one attached hydrogen (secondary N) is 1. The first kappa shape index (κ1) is 15.1. The molecule has 18 heavy (non-hydrogen) atoms. The van der Waals surface area contributed by atoms with Crippen molar-refractivity contribution in [3.8, 4) is 0 Å². The van der Waals surface area contributed by atoms with E-state index in [1.165, 1.54) is 6.07 Å². The van der Waals surface area contributed by atoms with E-state index in [-0.39, 0.29) is 24.5 Å². The summed E-state index contributed by atoms with van der Waals surface area (Å²) in [5.41, 5.74) is 0.706. The molecule has 1 aromatic carbocycles. The normalized spacial score (nSPS) is 14.4.